The second kappa shape index (κ2) is 7.36. The van der Waals surface area contributed by atoms with E-state index >= 15 is 0 Å². The minimum atomic E-state index is 0.300. The van der Waals surface area contributed by atoms with Crippen molar-refractivity contribution in [3.8, 4) is 11.5 Å². The molecule has 2 rings (SSSR count). The number of hydrogen-bond donors (Lipinski definition) is 1. The van der Waals surface area contributed by atoms with Gasteiger partial charge >= 0.3 is 0 Å². The van der Waals surface area contributed by atoms with Crippen molar-refractivity contribution in [2.24, 2.45) is 0 Å². The quantitative estimate of drug-likeness (QED) is 0.832. The molecule has 0 radical (unpaired) electrons. The number of hydrogen-bond acceptors (Lipinski definition) is 3. The smallest absolute Gasteiger partial charge is 0.145 e. The molecule has 0 bridgehead atoms. The molecule has 0 aliphatic rings. The third-order valence-corrected chi connectivity index (χ3v) is 3.79. The molecule has 0 aliphatic carbocycles. The van der Waals surface area contributed by atoms with Crippen LogP contribution in [0.3, 0.4) is 0 Å². The first-order valence-electron chi connectivity index (χ1n) is 6.85. The fourth-order valence-corrected chi connectivity index (χ4v) is 2.47. The predicted molar refractivity (Wildman–Crippen MR) is 90.5 cm³/mol. The minimum Gasteiger partial charge on any atom is -0.497 e. The molecule has 0 spiro atoms. The summed E-state index contributed by atoms with van der Waals surface area (Å²) in [6.45, 7) is 2.16. The first kappa shape index (κ1) is 15.7. The Balaban J connectivity index is 2.05. The lowest BCUT2D eigenvalue weighted by Gasteiger charge is -2.18. The maximum Gasteiger partial charge on any atom is 0.145 e. The summed E-state index contributed by atoms with van der Waals surface area (Å²) in [5.41, 5.74) is 2.27. The van der Waals surface area contributed by atoms with E-state index in [9.17, 15) is 0 Å². The minimum absolute atomic E-state index is 0.300. The van der Waals surface area contributed by atoms with Crippen molar-refractivity contribution < 1.29 is 9.47 Å². The molecular weight excluding hydrogens is 330 g/mol. The highest BCUT2D eigenvalue weighted by atomic mass is 79.9. The van der Waals surface area contributed by atoms with Crippen molar-refractivity contribution in [3.63, 3.8) is 0 Å². The van der Waals surface area contributed by atoms with Crippen LogP contribution in [-0.4, -0.2) is 20.3 Å². The van der Waals surface area contributed by atoms with E-state index < -0.39 is 0 Å². The van der Waals surface area contributed by atoms with E-state index in [1.807, 2.05) is 18.2 Å². The van der Waals surface area contributed by atoms with E-state index in [-0.39, 0.29) is 0 Å². The van der Waals surface area contributed by atoms with E-state index in [1.54, 1.807) is 14.2 Å². The van der Waals surface area contributed by atoms with Gasteiger partial charge in [0.05, 0.1) is 19.9 Å². The van der Waals surface area contributed by atoms with Gasteiger partial charge in [0.1, 0.15) is 11.5 Å². The van der Waals surface area contributed by atoms with Gasteiger partial charge in [-0.1, -0.05) is 28.1 Å². The van der Waals surface area contributed by atoms with E-state index in [1.165, 1.54) is 5.56 Å². The molecule has 0 amide bonds. The molecule has 0 saturated heterocycles. The Bertz CT molecular complexity index is 584. The first-order valence-corrected chi connectivity index (χ1v) is 7.64. The Morgan fingerprint density at radius 1 is 1.05 bits per heavy atom. The average Bonchev–Trinajstić information content (AvgIpc) is 2.50. The van der Waals surface area contributed by atoms with E-state index in [4.69, 9.17) is 9.47 Å². The highest BCUT2D eigenvalue weighted by molar-refractivity contribution is 9.10. The molecule has 0 heterocycles. The topological polar surface area (TPSA) is 30.5 Å². The van der Waals surface area contributed by atoms with Crippen molar-refractivity contribution in [3.05, 3.63) is 52.5 Å². The molecule has 0 aromatic heterocycles. The van der Waals surface area contributed by atoms with Crippen LogP contribution in [0, 0.1) is 0 Å². The maximum absolute atomic E-state index is 5.41. The van der Waals surface area contributed by atoms with Crippen LogP contribution in [0.15, 0.2) is 46.9 Å². The number of nitrogens with one attached hydrogen (secondary N) is 1. The third-order valence-electron chi connectivity index (χ3n) is 3.27. The maximum atomic E-state index is 5.41. The van der Waals surface area contributed by atoms with E-state index in [0.29, 0.717) is 6.04 Å². The number of methoxy groups -OCH3 is 2. The van der Waals surface area contributed by atoms with Crippen molar-refractivity contribution in [2.45, 2.75) is 19.4 Å². The fraction of sp³-hybridized carbons (Fsp3) is 0.294. The molecule has 1 atom stereocenters. The molecule has 0 saturated carbocycles. The average molecular weight is 350 g/mol. The molecule has 4 heteroatoms. The zero-order valence-electron chi connectivity index (χ0n) is 12.5. The Kier molecular flexibility index (Phi) is 5.51. The zero-order chi connectivity index (χ0) is 15.2. The summed E-state index contributed by atoms with van der Waals surface area (Å²) in [7, 11) is 3.32. The van der Waals surface area contributed by atoms with Gasteiger partial charge in [-0.2, -0.15) is 0 Å². The Labute approximate surface area is 134 Å². The summed E-state index contributed by atoms with van der Waals surface area (Å²) in [4.78, 5) is 0. The van der Waals surface area contributed by atoms with Crippen molar-refractivity contribution in [1.29, 1.82) is 0 Å². The lowest BCUT2D eigenvalue weighted by atomic mass is 10.1. The van der Waals surface area contributed by atoms with E-state index in [0.717, 1.165) is 28.1 Å². The Morgan fingerprint density at radius 3 is 2.38 bits per heavy atom. The largest absolute Gasteiger partial charge is 0.497 e. The van der Waals surface area contributed by atoms with Gasteiger partial charge < -0.3 is 14.8 Å². The van der Waals surface area contributed by atoms with Crippen LogP contribution < -0.4 is 14.8 Å². The monoisotopic (exact) mass is 349 g/mol. The molecule has 1 unspecified atom stereocenters. The van der Waals surface area contributed by atoms with Gasteiger partial charge in [-0.15, -0.1) is 0 Å². The number of halogens is 1. The molecule has 3 nitrogen and oxygen atoms in total. The van der Waals surface area contributed by atoms with Gasteiger partial charge in [0.2, 0.25) is 0 Å². The van der Waals surface area contributed by atoms with Crippen LogP contribution in [0.2, 0.25) is 0 Å². The van der Waals surface area contributed by atoms with Crippen LogP contribution in [0.5, 0.6) is 11.5 Å². The highest BCUT2D eigenvalue weighted by Crippen LogP contribution is 2.29. The van der Waals surface area contributed by atoms with Crippen LogP contribution in [0.25, 0.3) is 0 Å². The van der Waals surface area contributed by atoms with Crippen LogP contribution in [-0.2, 0) is 6.42 Å². The van der Waals surface area contributed by atoms with Gasteiger partial charge in [-0.3, -0.25) is 0 Å². The molecule has 0 aliphatic heterocycles. The van der Waals surface area contributed by atoms with Gasteiger partial charge in [0.15, 0.2) is 0 Å². The first-order chi connectivity index (χ1) is 10.1. The predicted octanol–water partition coefficient (Wildman–Crippen LogP) is 4.51. The number of rotatable bonds is 6. The summed E-state index contributed by atoms with van der Waals surface area (Å²) in [5.74, 6) is 1.58. The molecule has 112 valence electrons. The number of ether oxygens (including phenoxy) is 2. The van der Waals surface area contributed by atoms with Gasteiger partial charge in [-0.25, -0.2) is 0 Å². The molecular formula is C17H20BrNO2. The highest BCUT2D eigenvalue weighted by Gasteiger charge is 2.09. The van der Waals surface area contributed by atoms with Crippen molar-refractivity contribution >= 4 is 21.6 Å². The van der Waals surface area contributed by atoms with Crippen molar-refractivity contribution in [2.75, 3.05) is 19.5 Å². The zero-order valence-corrected chi connectivity index (χ0v) is 14.1. The normalized spacial score (nSPS) is 11.8. The number of anilines is 1. The molecule has 21 heavy (non-hydrogen) atoms. The second-order valence-corrected chi connectivity index (χ2v) is 5.86. The number of benzene rings is 2. The van der Waals surface area contributed by atoms with E-state index in [2.05, 4.69) is 52.4 Å². The van der Waals surface area contributed by atoms with Crippen LogP contribution >= 0.6 is 15.9 Å². The van der Waals surface area contributed by atoms with Crippen LogP contribution in [0.1, 0.15) is 12.5 Å². The molecule has 1 N–H and O–H groups in total. The summed E-state index contributed by atoms with van der Waals surface area (Å²) < 4.78 is 11.7. The molecule has 2 aromatic rings. The lowest BCUT2D eigenvalue weighted by Crippen LogP contribution is -2.18. The third kappa shape index (κ3) is 4.39. The Morgan fingerprint density at radius 2 is 1.76 bits per heavy atom. The summed E-state index contributed by atoms with van der Waals surface area (Å²) >= 11 is 3.45. The lowest BCUT2D eigenvalue weighted by molar-refractivity contribution is 0.395. The van der Waals surface area contributed by atoms with Crippen molar-refractivity contribution in [1.82, 2.24) is 0 Å². The van der Waals surface area contributed by atoms with Gasteiger partial charge in [0.25, 0.3) is 0 Å². The Hall–Kier alpha value is -1.68. The van der Waals surface area contributed by atoms with Gasteiger partial charge in [0, 0.05) is 16.6 Å². The summed E-state index contributed by atoms with van der Waals surface area (Å²) in [6.07, 6.45) is 0.947. The standard InChI is InChI=1S/C17H20BrNO2/c1-12(10-13-4-6-14(18)7-5-13)19-16-9-8-15(20-2)11-17(16)21-3/h4-9,11-12,19H,10H2,1-3H3. The second-order valence-electron chi connectivity index (χ2n) is 4.94. The fourth-order valence-electron chi connectivity index (χ4n) is 2.21. The molecule has 0 fully saturated rings. The van der Waals surface area contributed by atoms with Crippen LogP contribution in [0.4, 0.5) is 5.69 Å². The summed E-state index contributed by atoms with van der Waals surface area (Å²) in [5, 5.41) is 3.48. The molecule has 2 aromatic carbocycles. The summed E-state index contributed by atoms with van der Waals surface area (Å²) in [6, 6.07) is 14.5. The van der Waals surface area contributed by atoms with Gasteiger partial charge in [-0.05, 0) is 43.2 Å². The SMILES string of the molecule is COc1ccc(NC(C)Cc2ccc(Br)cc2)c(OC)c1.